The van der Waals surface area contributed by atoms with Gasteiger partial charge in [-0.2, -0.15) is 18.3 Å². The molecule has 0 fully saturated rings. The van der Waals surface area contributed by atoms with Crippen LogP contribution in [0.3, 0.4) is 0 Å². The molecule has 0 saturated carbocycles. The maximum Gasteiger partial charge on any atom is 0.416 e. The Kier molecular flexibility index (Phi) is 2.38. The molecule has 0 saturated heterocycles. The van der Waals surface area contributed by atoms with E-state index in [4.69, 9.17) is 0 Å². The van der Waals surface area contributed by atoms with Gasteiger partial charge in [-0.15, -0.1) is 0 Å². The molecule has 5 heteroatoms. The molecule has 0 aromatic heterocycles. The van der Waals surface area contributed by atoms with Crippen LogP contribution in [0.2, 0.25) is 0 Å². The number of hydrogen-bond donors (Lipinski definition) is 0. The van der Waals surface area contributed by atoms with Crippen molar-refractivity contribution in [2.45, 2.75) is 12.6 Å². The van der Waals surface area contributed by atoms with Gasteiger partial charge in [0, 0.05) is 19.2 Å². The van der Waals surface area contributed by atoms with E-state index < -0.39 is 11.7 Å². The summed E-state index contributed by atoms with van der Waals surface area (Å²) in [6, 6.07) is 5.02. The molecular weight excluding hydrogens is 205 g/mol. The van der Waals surface area contributed by atoms with Gasteiger partial charge in [-0.05, 0) is 24.3 Å². The first-order valence-electron chi connectivity index (χ1n) is 4.54. The van der Waals surface area contributed by atoms with Crippen LogP contribution < -0.4 is 5.01 Å². The Balaban J connectivity index is 2.20. The van der Waals surface area contributed by atoms with Crippen LogP contribution in [0.25, 0.3) is 0 Å². The summed E-state index contributed by atoms with van der Waals surface area (Å²) in [5.41, 5.74) is 0.0613. The van der Waals surface area contributed by atoms with E-state index in [-0.39, 0.29) is 0 Å². The first-order valence-corrected chi connectivity index (χ1v) is 4.54. The number of rotatable bonds is 1. The summed E-state index contributed by atoms with van der Waals surface area (Å²) in [4.78, 5) is 0. The Morgan fingerprint density at radius 2 is 1.80 bits per heavy atom. The molecule has 1 aromatic rings. The molecule has 0 spiro atoms. The van der Waals surface area contributed by atoms with Gasteiger partial charge >= 0.3 is 6.18 Å². The third kappa shape index (κ3) is 2.11. The highest BCUT2D eigenvalue weighted by molar-refractivity contribution is 5.65. The molecule has 0 unspecified atom stereocenters. The average Bonchev–Trinajstić information content (AvgIpc) is 2.69. The number of halogens is 3. The van der Waals surface area contributed by atoms with Crippen LogP contribution in [0, 0.1) is 0 Å². The molecule has 1 aliphatic heterocycles. The average molecular weight is 214 g/mol. The number of benzene rings is 1. The fourth-order valence-electron chi connectivity index (χ4n) is 1.41. The van der Waals surface area contributed by atoms with Crippen molar-refractivity contribution in [2.24, 2.45) is 5.10 Å². The maximum absolute atomic E-state index is 12.3. The van der Waals surface area contributed by atoms with Crippen molar-refractivity contribution in [2.75, 3.05) is 11.6 Å². The van der Waals surface area contributed by atoms with Crippen molar-refractivity contribution in [3.05, 3.63) is 29.8 Å². The van der Waals surface area contributed by atoms with Gasteiger partial charge in [0.25, 0.3) is 0 Å². The van der Waals surface area contributed by atoms with Gasteiger partial charge in [0.15, 0.2) is 0 Å². The molecule has 0 bridgehead atoms. The lowest BCUT2D eigenvalue weighted by molar-refractivity contribution is -0.137. The minimum atomic E-state index is -4.27. The first kappa shape index (κ1) is 10.0. The first-order chi connectivity index (χ1) is 7.07. The van der Waals surface area contributed by atoms with Crippen molar-refractivity contribution in [3.8, 4) is 0 Å². The second kappa shape index (κ2) is 3.56. The molecule has 0 atom stereocenters. The molecule has 80 valence electrons. The molecule has 0 radical (unpaired) electrons. The molecule has 15 heavy (non-hydrogen) atoms. The third-order valence-corrected chi connectivity index (χ3v) is 2.18. The highest BCUT2D eigenvalue weighted by Crippen LogP contribution is 2.30. The Hall–Kier alpha value is -1.52. The van der Waals surface area contributed by atoms with E-state index in [1.165, 1.54) is 12.1 Å². The molecule has 0 aliphatic carbocycles. The Morgan fingerprint density at radius 3 is 2.27 bits per heavy atom. The Morgan fingerprint density at radius 1 is 1.13 bits per heavy atom. The van der Waals surface area contributed by atoms with Gasteiger partial charge in [-0.3, -0.25) is 5.01 Å². The Labute approximate surface area is 85.0 Å². The van der Waals surface area contributed by atoms with Crippen LogP contribution in [-0.4, -0.2) is 12.8 Å². The lowest BCUT2D eigenvalue weighted by Gasteiger charge is -2.14. The molecule has 1 aromatic carbocycles. The molecule has 2 nitrogen and oxygen atoms in total. The molecule has 2 rings (SSSR count). The summed E-state index contributed by atoms with van der Waals surface area (Å²) in [5, 5.41) is 5.71. The van der Waals surface area contributed by atoms with E-state index in [2.05, 4.69) is 5.10 Å². The van der Waals surface area contributed by atoms with E-state index in [1.54, 1.807) is 11.2 Å². The van der Waals surface area contributed by atoms with E-state index in [0.29, 0.717) is 5.69 Å². The van der Waals surface area contributed by atoms with Gasteiger partial charge in [0.2, 0.25) is 0 Å². The van der Waals surface area contributed by atoms with Gasteiger partial charge in [-0.1, -0.05) is 0 Å². The van der Waals surface area contributed by atoms with Crippen molar-refractivity contribution < 1.29 is 13.2 Å². The van der Waals surface area contributed by atoms with Crippen LogP contribution in [0.1, 0.15) is 12.0 Å². The minimum absolute atomic E-state index is 0.630. The van der Waals surface area contributed by atoms with Crippen LogP contribution in [0.15, 0.2) is 29.4 Å². The predicted octanol–water partition coefficient (Wildman–Crippen LogP) is 2.90. The van der Waals surface area contributed by atoms with Gasteiger partial charge < -0.3 is 0 Å². The summed E-state index contributed by atoms with van der Waals surface area (Å²) in [6.07, 6.45) is -1.69. The number of nitrogens with zero attached hydrogens (tertiary/aromatic N) is 2. The van der Waals surface area contributed by atoms with Crippen molar-refractivity contribution in [1.29, 1.82) is 0 Å². The fourth-order valence-corrected chi connectivity index (χ4v) is 1.41. The van der Waals surface area contributed by atoms with Crippen LogP contribution >= 0.6 is 0 Å². The van der Waals surface area contributed by atoms with E-state index in [9.17, 15) is 13.2 Å². The van der Waals surface area contributed by atoms with Gasteiger partial charge in [-0.25, -0.2) is 0 Å². The van der Waals surface area contributed by atoms with Crippen LogP contribution in [-0.2, 0) is 6.18 Å². The zero-order chi connectivity index (χ0) is 10.9. The zero-order valence-corrected chi connectivity index (χ0v) is 7.83. The molecular formula is C10H9F3N2. The second-order valence-electron chi connectivity index (χ2n) is 3.25. The molecule has 1 heterocycles. The minimum Gasteiger partial charge on any atom is -0.266 e. The molecule has 1 aliphatic rings. The zero-order valence-electron chi connectivity index (χ0n) is 7.83. The fraction of sp³-hybridized carbons (Fsp3) is 0.300. The normalized spacial score (nSPS) is 16.1. The second-order valence-corrected chi connectivity index (χ2v) is 3.25. The number of anilines is 1. The Bertz CT molecular complexity index is 367. The number of hydrazone groups is 1. The van der Waals surface area contributed by atoms with Crippen molar-refractivity contribution in [1.82, 2.24) is 0 Å². The van der Waals surface area contributed by atoms with Gasteiger partial charge in [0.05, 0.1) is 11.3 Å². The van der Waals surface area contributed by atoms with E-state index >= 15 is 0 Å². The van der Waals surface area contributed by atoms with Crippen molar-refractivity contribution in [3.63, 3.8) is 0 Å². The van der Waals surface area contributed by atoms with E-state index in [0.717, 1.165) is 25.1 Å². The largest absolute Gasteiger partial charge is 0.416 e. The monoisotopic (exact) mass is 214 g/mol. The quantitative estimate of drug-likeness (QED) is 0.701. The van der Waals surface area contributed by atoms with E-state index in [1.807, 2.05) is 0 Å². The van der Waals surface area contributed by atoms with Crippen LogP contribution in [0.5, 0.6) is 0 Å². The summed E-state index contributed by atoms with van der Waals surface area (Å²) in [7, 11) is 0. The van der Waals surface area contributed by atoms with Crippen LogP contribution in [0.4, 0.5) is 18.9 Å². The lowest BCUT2D eigenvalue weighted by atomic mass is 10.2. The SMILES string of the molecule is FC(F)(F)c1ccc(N2CCC=N2)cc1. The predicted molar refractivity (Wildman–Crippen MR) is 51.9 cm³/mol. The van der Waals surface area contributed by atoms with Gasteiger partial charge in [0.1, 0.15) is 0 Å². The van der Waals surface area contributed by atoms with Crippen molar-refractivity contribution >= 4 is 11.9 Å². The lowest BCUT2D eigenvalue weighted by Crippen LogP contribution is -2.12. The molecule has 0 amide bonds. The summed E-state index contributed by atoms with van der Waals surface area (Å²) in [5.74, 6) is 0. The number of hydrogen-bond acceptors (Lipinski definition) is 2. The summed E-state index contributed by atoms with van der Waals surface area (Å²) in [6.45, 7) is 0.728. The smallest absolute Gasteiger partial charge is 0.266 e. The highest BCUT2D eigenvalue weighted by Gasteiger charge is 2.30. The molecule has 0 N–H and O–H groups in total. The highest BCUT2D eigenvalue weighted by atomic mass is 19.4. The summed E-state index contributed by atoms with van der Waals surface area (Å²) < 4.78 is 36.8. The summed E-state index contributed by atoms with van der Waals surface area (Å²) >= 11 is 0. The standard InChI is InChI=1S/C10H9F3N2/c11-10(12,13)8-2-4-9(5-3-8)15-7-1-6-14-15/h2-6H,1,7H2. The maximum atomic E-state index is 12.3. The third-order valence-electron chi connectivity index (χ3n) is 2.18. The number of alkyl halides is 3. The topological polar surface area (TPSA) is 15.6 Å².